The lowest BCUT2D eigenvalue weighted by Crippen LogP contribution is -2.30. The van der Waals surface area contributed by atoms with Crippen LogP contribution in [0.5, 0.6) is 0 Å². The number of aliphatic hydroxyl groups excluding tert-OH is 1. The molecule has 0 unspecified atom stereocenters. The van der Waals surface area contributed by atoms with Gasteiger partial charge >= 0.3 is 0 Å². The van der Waals surface area contributed by atoms with E-state index in [0.29, 0.717) is 0 Å². The quantitative estimate of drug-likeness (QED) is 0.665. The summed E-state index contributed by atoms with van der Waals surface area (Å²) in [6.07, 6.45) is 8.45. The van der Waals surface area contributed by atoms with Crippen LogP contribution in [0.1, 0.15) is 44.9 Å². The summed E-state index contributed by atoms with van der Waals surface area (Å²) in [7, 11) is 0. The second-order valence-electron chi connectivity index (χ2n) is 5.41. The van der Waals surface area contributed by atoms with Gasteiger partial charge in [0.05, 0.1) is 6.10 Å². The van der Waals surface area contributed by atoms with Crippen LogP contribution in [-0.4, -0.2) is 35.2 Å². The molecule has 0 radical (unpaired) electrons. The molecule has 1 fully saturated rings. The molecule has 3 rings (SSSR count). The van der Waals surface area contributed by atoms with Crippen molar-refractivity contribution in [3.05, 3.63) is 11.1 Å². The number of likely N-dealkylation sites (tertiary alicyclic amines) is 1. The maximum atomic E-state index is 9.66. The molecule has 0 aromatic heterocycles. The predicted molar refractivity (Wildman–Crippen MR) is 60.7 cm³/mol. The third-order valence-corrected chi connectivity index (χ3v) is 4.38. The van der Waals surface area contributed by atoms with Gasteiger partial charge in [-0.1, -0.05) is 11.1 Å². The molecule has 0 aromatic rings. The molecule has 1 heterocycles. The Labute approximate surface area is 92.0 Å². The lowest BCUT2D eigenvalue weighted by Gasteiger charge is -2.23. The van der Waals surface area contributed by atoms with Crippen LogP contribution in [0.3, 0.4) is 0 Å². The van der Waals surface area contributed by atoms with E-state index >= 15 is 0 Å². The molecule has 1 N–H and O–H groups in total. The molecule has 0 aromatic carbocycles. The zero-order chi connectivity index (χ0) is 10.3. The van der Waals surface area contributed by atoms with Gasteiger partial charge in [0.2, 0.25) is 0 Å². The fraction of sp³-hybridized carbons (Fsp3) is 0.846. The second-order valence-corrected chi connectivity index (χ2v) is 5.41. The number of hydrogen-bond acceptors (Lipinski definition) is 2. The van der Waals surface area contributed by atoms with Crippen molar-refractivity contribution in [2.45, 2.75) is 57.1 Å². The Bertz CT molecular complexity index is 278. The maximum Gasteiger partial charge on any atom is 0.0580 e. The van der Waals surface area contributed by atoms with Crippen LogP contribution in [0.15, 0.2) is 11.1 Å². The first-order valence-electron chi connectivity index (χ1n) is 6.45. The van der Waals surface area contributed by atoms with E-state index in [1.54, 1.807) is 11.1 Å². The monoisotopic (exact) mass is 207 g/mol. The number of rotatable bonds is 1. The van der Waals surface area contributed by atoms with Gasteiger partial charge in [-0.15, -0.1) is 0 Å². The van der Waals surface area contributed by atoms with Gasteiger partial charge in [0.1, 0.15) is 0 Å². The fourth-order valence-corrected chi connectivity index (χ4v) is 3.53. The Morgan fingerprint density at radius 2 is 1.73 bits per heavy atom. The number of aliphatic hydroxyl groups is 1. The van der Waals surface area contributed by atoms with Crippen LogP contribution < -0.4 is 0 Å². The summed E-state index contributed by atoms with van der Waals surface area (Å²) < 4.78 is 0. The second kappa shape index (κ2) is 3.91. The molecule has 0 amide bonds. The van der Waals surface area contributed by atoms with Crippen molar-refractivity contribution in [3.8, 4) is 0 Å². The van der Waals surface area contributed by atoms with Crippen molar-refractivity contribution in [2.24, 2.45) is 0 Å². The Balaban J connectivity index is 1.65. The Kier molecular flexibility index (Phi) is 2.57. The van der Waals surface area contributed by atoms with Crippen molar-refractivity contribution >= 4 is 0 Å². The Morgan fingerprint density at radius 1 is 1.00 bits per heavy atom. The zero-order valence-corrected chi connectivity index (χ0v) is 9.41. The molecule has 84 valence electrons. The van der Waals surface area contributed by atoms with E-state index in [4.69, 9.17) is 0 Å². The van der Waals surface area contributed by atoms with Gasteiger partial charge in [-0.3, -0.25) is 4.90 Å². The highest BCUT2D eigenvalue weighted by Crippen LogP contribution is 2.39. The zero-order valence-electron chi connectivity index (χ0n) is 9.41. The summed E-state index contributed by atoms with van der Waals surface area (Å²) in [5.41, 5.74) is 3.29. The summed E-state index contributed by atoms with van der Waals surface area (Å²) in [6, 6.07) is 0.794. The topological polar surface area (TPSA) is 23.5 Å². The molecule has 2 aliphatic carbocycles. The van der Waals surface area contributed by atoms with Gasteiger partial charge in [-0.2, -0.15) is 0 Å². The van der Waals surface area contributed by atoms with Crippen molar-refractivity contribution in [1.82, 2.24) is 4.90 Å². The predicted octanol–water partition coefficient (Wildman–Crippen LogP) is 2.09. The van der Waals surface area contributed by atoms with Crippen LogP contribution in [0.4, 0.5) is 0 Å². The first-order chi connectivity index (χ1) is 7.33. The molecule has 2 atom stereocenters. The fourth-order valence-electron chi connectivity index (χ4n) is 3.53. The average molecular weight is 207 g/mol. The van der Waals surface area contributed by atoms with Crippen LogP contribution in [0.25, 0.3) is 0 Å². The molecule has 0 spiro atoms. The molecule has 0 bridgehead atoms. The van der Waals surface area contributed by atoms with E-state index in [1.807, 2.05) is 0 Å². The molecule has 1 aliphatic heterocycles. The summed E-state index contributed by atoms with van der Waals surface area (Å²) in [5.74, 6) is 0. The van der Waals surface area contributed by atoms with E-state index in [2.05, 4.69) is 4.90 Å². The van der Waals surface area contributed by atoms with Gasteiger partial charge in [0.25, 0.3) is 0 Å². The molecule has 0 saturated carbocycles. The molecule has 2 nitrogen and oxygen atoms in total. The minimum absolute atomic E-state index is 0.0407. The standard InChI is InChI=1S/C13H21NO/c15-13-4-3-10-7-12(8-11(10)9-13)14-5-1-2-6-14/h12-13,15H,1-9H2/t12-,13-/m0/s1. The van der Waals surface area contributed by atoms with Crippen molar-refractivity contribution in [1.29, 1.82) is 0 Å². The number of hydrogen-bond donors (Lipinski definition) is 1. The summed E-state index contributed by atoms with van der Waals surface area (Å²) in [6.45, 7) is 2.63. The van der Waals surface area contributed by atoms with E-state index in [1.165, 1.54) is 45.2 Å². The van der Waals surface area contributed by atoms with Crippen molar-refractivity contribution in [2.75, 3.05) is 13.1 Å². The normalized spacial score (nSPS) is 37.4. The van der Waals surface area contributed by atoms with Crippen molar-refractivity contribution in [3.63, 3.8) is 0 Å². The summed E-state index contributed by atoms with van der Waals surface area (Å²) in [5, 5.41) is 9.66. The molecule has 3 aliphatic rings. The molecular weight excluding hydrogens is 186 g/mol. The molecule has 15 heavy (non-hydrogen) atoms. The van der Waals surface area contributed by atoms with E-state index in [9.17, 15) is 5.11 Å². The van der Waals surface area contributed by atoms with Crippen LogP contribution in [-0.2, 0) is 0 Å². The lowest BCUT2D eigenvalue weighted by molar-refractivity contribution is 0.158. The van der Waals surface area contributed by atoms with Gasteiger partial charge in [-0.25, -0.2) is 0 Å². The lowest BCUT2D eigenvalue weighted by atomic mass is 9.92. The SMILES string of the molecule is O[C@H]1CCC2=C(C1)C[C@@H](N1CCCC1)C2. The van der Waals surface area contributed by atoms with Gasteiger partial charge in [0, 0.05) is 6.04 Å². The third kappa shape index (κ3) is 1.85. The van der Waals surface area contributed by atoms with Crippen molar-refractivity contribution < 1.29 is 5.11 Å². The largest absolute Gasteiger partial charge is 0.393 e. The highest BCUT2D eigenvalue weighted by molar-refractivity contribution is 5.26. The third-order valence-electron chi connectivity index (χ3n) is 4.38. The molecular formula is C13H21NO. The van der Waals surface area contributed by atoms with Gasteiger partial charge in [0.15, 0.2) is 0 Å². The average Bonchev–Trinajstić information content (AvgIpc) is 2.84. The summed E-state index contributed by atoms with van der Waals surface area (Å²) >= 11 is 0. The van der Waals surface area contributed by atoms with E-state index < -0.39 is 0 Å². The van der Waals surface area contributed by atoms with E-state index in [0.717, 1.165) is 18.9 Å². The van der Waals surface area contributed by atoms with Crippen LogP contribution in [0, 0.1) is 0 Å². The highest BCUT2D eigenvalue weighted by atomic mass is 16.3. The maximum absolute atomic E-state index is 9.66. The van der Waals surface area contributed by atoms with Crippen LogP contribution in [0.2, 0.25) is 0 Å². The summed E-state index contributed by atoms with van der Waals surface area (Å²) in [4.78, 5) is 2.67. The first kappa shape index (κ1) is 9.86. The Hall–Kier alpha value is -0.340. The van der Waals surface area contributed by atoms with E-state index in [-0.39, 0.29) is 6.10 Å². The Morgan fingerprint density at radius 3 is 2.53 bits per heavy atom. The minimum Gasteiger partial charge on any atom is -0.393 e. The highest BCUT2D eigenvalue weighted by Gasteiger charge is 2.32. The number of nitrogens with zero attached hydrogens (tertiary/aromatic N) is 1. The van der Waals surface area contributed by atoms with Gasteiger partial charge < -0.3 is 5.11 Å². The smallest absolute Gasteiger partial charge is 0.0580 e. The molecule has 2 heteroatoms. The molecule has 1 saturated heterocycles. The van der Waals surface area contributed by atoms with Crippen LogP contribution >= 0.6 is 0 Å². The first-order valence-corrected chi connectivity index (χ1v) is 6.45. The minimum atomic E-state index is -0.0407. The van der Waals surface area contributed by atoms with Gasteiger partial charge in [-0.05, 0) is 58.0 Å².